The van der Waals surface area contributed by atoms with Gasteiger partial charge in [0, 0.05) is 12.6 Å². The van der Waals surface area contributed by atoms with E-state index in [1.807, 2.05) is 0 Å². The van der Waals surface area contributed by atoms with E-state index in [2.05, 4.69) is 5.32 Å². The quantitative estimate of drug-likeness (QED) is 0.621. The van der Waals surface area contributed by atoms with Gasteiger partial charge in [-0.05, 0) is 13.5 Å². The third-order valence-corrected chi connectivity index (χ3v) is 1.94. The molecule has 4 N–H and O–H groups in total. The van der Waals surface area contributed by atoms with Crippen LogP contribution in [0.4, 0.5) is 13.2 Å². The number of nitrogens with two attached hydrogens (primary N) is 1. The SMILES string of the molecule is CNC[C@@H](N)C[C@@H](CC(=O)O)C(F)(F)F. The predicted molar refractivity (Wildman–Crippen MR) is 48.3 cm³/mol. The molecule has 7 heteroatoms. The summed E-state index contributed by atoms with van der Waals surface area (Å²) in [6.45, 7) is 0.228. The lowest BCUT2D eigenvalue weighted by molar-refractivity contribution is -0.185. The number of hydrogen-bond donors (Lipinski definition) is 3. The summed E-state index contributed by atoms with van der Waals surface area (Å²) in [5, 5.41) is 11.0. The number of carbonyl (C=O) groups is 1. The summed E-state index contributed by atoms with van der Waals surface area (Å²) in [5.74, 6) is -3.34. The molecule has 15 heavy (non-hydrogen) atoms. The number of likely N-dealkylation sites (N-methyl/N-ethyl adjacent to an activating group) is 1. The predicted octanol–water partition coefficient (Wildman–Crippen LogP) is 0.576. The molecule has 0 rings (SSSR count). The fraction of sp³-hybridized carbons (Fsp3) is 0.875. The Labute approximate surface area is 85.6 Å². The van der Waals surface area contributed by atoms with Crippen LogP contribution in [0.25, 0.3) is 0 Å². The summed E-state index contributed by atoms with van der Waals surface area (Å²) in [5.41, 5.74) is 5.40. The van der Waals surface area contributed by atoms with E-state index in [9.17, 15) is 18.0 Å². The number of nitrogens with one attached hydrogen (secondary N) is 1. The molecular formula is C8H15F3N2O2. The lowest BCUT2D eigenvalue weighted by Crippen LogP contribution is -2.38. The number of carboxylic acid groups (broad SMARTS) is 1. The van der Waals surface area contributed by atoms with Crippen LogP contribution in [0.1, 0.15) is 12.8 Å². The van der Waals surface area contributed by atoms with Crippen LogP contribution >= 0.6 is 0 Å². The second-order valence-electron chi connectivity index (χ2n) is 3.39. The van der Waals surface area contributed by atoms with Crippen LogP contribution in [0.5, 0.6) is 0 Å². The zero-order valence-electron chi connectivity index (χ0n) is 8.34. The maximum atomic E-state index is 12.3. The Hall–Kier alpha value is -0.820. The number of carboxylic acids is 1. The fourth-order valence-electron chi connectivity index (χ4n) is 1.25. The molecule has 0 unspecified atom stereocenters. The zero-order chi connectivity index (χ0) is 12.1. The molecule has 0 bridgehead atoms. The second kappa shape index (κ2) is 5.92. The van der Waals surface area contributed by atoms with Crippen molar-refractivity contribution in [1.82, 2.24) is 5.32 Å². The van der Waals surface area contributed by atoms with Gasteiger partial charge < -0.3 is 16.2 Å². The van der Waals surface area contributed by atoms with E-state index < -0.39 is 30.5 Å². The van der Waals surface area contributed by atoms with Crippen LogP contribution < -0.4 is 11.1 Å². The first-order chi connectivity index (χ1) is 6.77. The third kappa shape index (κ3) is 6.29. The summed E-state index contributed by atoms with van der Waals surface area (Å²) in [6, 6.07) is -0.694. The van der Waals surface area contributed by atoms with Crippen molar-refractivity contribution >= 4 is 5.97 Å². The molecule has 0 aromatic heterocycles. The first-order valence-electron chi connectivity index (χ1n) is 4.46. The van der Waals surface area contributed by atoms with Gasteiger partial charge in [-0.1, -0.05) is 0 Å². The van der Waals surface area contributed by atoms with E-state index in [-0.39, 0.29) is 13.0 Å². The largest absolute Gasteiger partial charge is 0.481 e. The highest BCUT2D eigenvalue weighted by atomic mass is 19.4. The Morgan fingerprint density at radius 1 is 1.53 bits per heavy atom. The molecule has 90 valence electrons. The molecule has 0 aliphatic heterocycles. The topological polar surface area (TPSA) is 75.3 Å². The fourth-order valence-corrected chi connectivity index (χ4v) is 1.25. The molecule has 0 aliphatic rings. The highest BCUT2D eigenvalue weighted by Gasteiger charge is 2.41. The van der Waals surface area contributed by atoms with Gasteiger partial charge in [-0.2, -0.15) is 13.2 Å². The highest BCUT2D eigenvalue weighted by molar-refractivity contribution is 5.67. The molecule has 0 heterocycles. The molecule has 4 nitrogen and oxygen atoms in total. The van der Waals surface area contributed by atoms with Crippen LogP contribution in [0, 0.1) is 5.92 Å². The van der Waals surface area contributed by atoms with E-state index in [1.165, 1.54) is 0 Å². The second-order valence-corrected chi connectivity index (χ2v) is 3.39. The van der Waals surface area contributed by atoms with E-state index in [1.54, 1.807) is 7.05 Å². The zero-order valence-corrected chi connectivity index (χ0v) is 8.34. The van der Waals surface area contributed by atoms with Gasteiger partial charge in [0.1, 0.15) is 0 Å². The molecule has 0 saturated heterocycles. The van der Waals surface area contributed by atoms with Gasteiger partial charge in [0.25, 0.3) is 0 Å². The third-order valence-electron chi connectivity index (χ3n) is 1.94. The van der Waals surface area contributed by atoms with E-state index >= 15 is 0 Å². The van der Waals surface area contributed by atoms with E-state index in [0.717, 1.165) is 0 Å². The number of alkyl halides is 3. The van der Waals surface area contributed by atoms with Crippen LogP contribution in [0.2, 0.25) is 0 Å². The molecule has 0 aliphatic carbocycles. The standard InChI is InChI=1S/C8H15F3N2O2/c1-13-4-6(12)2-5(3-7(14)15)8(9,10)11/h5-6,13H,2-4,12H2,1H3,(H,14,15)/t5-,6-/m0/s1. The maximum Gasteiger partial charge on any atom is 0.392 e. The molecule has 0 aromatic rings. The first kappa shape index (κ1) is 14.2. The molecule has 0 saturated carbocycles. The van der Waals surface area contributed by atoms with Crippen molar-refractivity contribution in [3.05, 3.63) is 0 Å². The van der Waals surface area contributed by atoms with Crippen LogP contribution in [0.3, 0.4) is 0 Å². The molecule has 0 amide bonds. The molecule has 0 radical (unpaired) electrons. The van der Waals surface area contributed by atoms with Crippen molar-refractivity contribution in [2.75, 3.05) is 13.6 Å². The smallest absolute Gasteiger partial charge is 0.392 e. The van der Waals surface area contributed by atoms with Crippen molar-refractivity contribution in [3.8, 4) is 0 Å². The van der Waals surface area contributed by atoms with E-state index in [4.69, 9.17) is 10.8 Å². The summed E-state index contributed by atoms with van der Waals surface area (Å²) in [4.78, 5) is 10.2. The molecule has 2 atom stereocenters. The minimum atomic E-state index is -4.51. The normalized spacial score (nSPS) is 16.1. The average Bonchev–Trinajstić information content (AvgIpc) is 2.00. The van der Waals surface area contributed by atoms with Gasteiger partial charge in [-0.25, -0.2) is 0 Å². The van der Waals surface area contributed by atoms with Gasteiger partial charge in [0.2, 0.25) is 0 Å². The molecule has 0 spiro atoms. The Morgan fingerprint density at radius 3 is 2.40 bits per heavy atom. The lowest BCUT2D eigenvalue weighted by atomic mass is 9.96. The van der Waals surface area contributed by atoms with Crippen molar-refractivity contribution in [2.45, 2.75) is 25.1 Å². The Balaban J connectivity index is 4.31. The number of aliphatic carboxylic acids is 1. The Bertz CT molecular complexity index is 209. The van der Waals surface area contributed by atoms with Crippen LogP contribution in [-0.2, 0) is 4.79 Å². The Morgan fingerprint density at radius 2 is 2.07 bits per heavy atom. The van der Waals surface area contributed by atoms with E-state index in [0.29, 0.717) is 0 Å². The molecule has 0 fully saturated rings. The lowest BCUT2D eigenvalue weighted by Gasteiger charge is -2.21. The Kier molecular flexibility index (Phi) is 5.59. The summed E-state index contributed by atoms with van der Waals surface area (Å²) < 4.78 is 37.0. The monoisotopic (exact) mass is 228 g/mol. The van der Waals surface area contributed by atoms with Crippen molar-refractivity contribution in [1.29, 1.82) is 0 Å². The minimum absolute atomic E-state index is 0.228. The number of rotatable bonds is 6. The number of halogens is 3. The summed E-state index contributed by atoms with van der Waals surface area (Å²) in [6.07, 6.45) is -5.82. The molecule has 0 aromatic carbocycles. The van der Waals surface area contributed by atoms with Crippen molar-refractivity contribution in [3.63, 3.8) is 0 Å². The summed E-state index contributed by atoms with van der Waals surface area (Å²) >= 11 is 0. The van der Waals surface area contributed by atoms with Gasteiger partial charge in [0.15, 0.2) is 0 Å². The summed E-state index contributed by atoms with van der Waals surface area (Å²) in [7, 11) is 1.57. The van der Waals surface area contributed by atoms with Gasteiger partial charge in [-0.15, -0.1) is 0 Å². The average molecular weight is 228 g/mol. The first-order valence-corrected chi connectivity index (χ1v) is 4.46. The minimum Gasteiger partial charge on any atom is -0.481 e. The van der Waals surface area contributed by atoms with Crippen LogP contribution in [-0.4, -0.2) is 36.9 Å². The van der Waals surface area contributed by atoms with Crippen molar-refractivity contribution < 1.29 is 23.1 Å². The van der Waals surface area contributed by atoms with Gasteiger partial charge in [0.05, 0.1) is 12.3 Å². The maximum absolute atomic E-state index is 12.3. The van der Waals surface area contributed by atoms with Gasteiger partial charge in [-0.3, -0.25) is 4.79 Å². The van der Waals surface area contributed by atoms with Crippen molar-refractivity contribution in [2.24, 2.45) is 11.7 Å². The van der Waals surface area contributed by atoms with Gasteiger partial charge >= 0.3 is 12.1 Å². The van der Waals surface area contributed by atoms with Crippen LogP contribution in [0.15, 0.2) is 0 Å². The molecular weight excluding hydrogens is 213 g/mol. The highest BCUT2D eigenvalue weighted by Crippen LogP contribution is 2.32. The number of hydrogen-bond acceptors (Lipinski definition) is 3.